The number of sulfonamides is 1. The molecule has 0 unspecified atom stereocenters. The van der Waals surface area contributed by atoms with Crippen molar-refractivity contribution in [3.05, 3.63) is 29.5 Å². The summed E-state index contributed by atoms with van der Waals surface area (Å²) in [6.45, 7) is 0. The Labute approximate surface area is 109 Å². The van der Waals surface area contributed by atoms with E-state index in [0.29, 0.717) is 10.1 Å². The van der Waals surface area contributed by atoms with Crippen LogP contribution in [0.2, 0.25) is 0 Å². The quantitative estimate of drug-likeness (QED) is 0.826. The first-order valence-corrected chi connectivity index (χ1v) is 6.58. The summed E-state index contributed by atoms with van der Waals surface area (Å²) in [6.07, 6.45) is 0. The number of rotatable bonds is 2. The van der Waals surface area contributed by atoms with E-state index in [4.69, 9.17) is 9.84 Å². The molecule has 8 heteroatoms. The number of fused-ring (bicyclic) bond motifs is 1. The van der Waals surface area contributed by atoms with Crippen LogP contribution in [0.5, 0.6) is 5.75 Å². The smallest absolute Gasteiger partial charge is 0.357 e. The van der Waals surface area contributed by atoms with Crippen molar-refractivity contribution in [1.29, 1.82) is 0 Å². The van der Waals surface area contributed by atoms with Gasteiger partial charge in [-0.1, -0.05) is 0 Å². The maximum atomic E-state index is 12.1. The largest absolute Gasteiger partial charge is 0.505 e. The molecule has 1 aliphatic heterocycles. The van der Waals surface area contributed by atoms with Gasteiger partial charge in [0.15, 0.2) is 11.5 Å². The lowest BCUT2D eigenvalue weighted by molar-refractivity contribution is -0.133. The Morgan fingerprint density at radius 2 is 2.00 bits per heavy atom. The zero-order valence-corrected chi connectivity index (χ0v) is 10.9. The third-order valence-electron chi connectivity index (χ3n) is 2.82. The van der Waals surface area contributed by atoms with Gasteiger partial charge in [-0.15, -0.1) is 0 Å². The molecule has 0 saturated heterocycles. The molecule has 0 atom stereocenters. The third-order valence-corrected chi connectivity index (χ3v) is 4.64. The van der Waals surface area contributed by atoms with Crippen LogP contribution >= 0.6 is 0 Å². The molecule has 0 bridgehead atoms. The molecule has 7 nitrogen and oxygen atoms in total. The molecule has 0 amide bonds. The van der Waals surface area contributed by atoms with Crippen LogP contribution in [0.4, 0.5) is 0 Å². The predicted molar refractivity (Wildman–Crippen MR) is 65.1 cm³/mol. The van der Waals surface area contributed by atoms with Crippen LogP contribution in [-0.2, 0) is 14.8 Å². The number of methoxy groups -OCH3 is 1. The summed E-state index contributed by atoms with van der Waals surface area (Å²) in [6, 6.07) is 3.95. The average molecular weight is 285 g/mol. The Kier molecular flexibility index (Phi) is 2.90. The standard InChI is InChI=1S/C11H11NO6S/c1-12-9(11(14)15)10(13)7-5-6(18-2)3-4-8(7)19(12,16)17/h3-5,13H,1-2H3,(H,14,15). The van der Waals surface area contributed by atoms with Crippen LogP contribution in [0.1, 0.15) is 5.56 Å². The van der Waals surface area contributed by atoms with E-state index >= 15 is 0 Å². The molecule has 0 aliphatic carbocycles. The van der Waals surface area contributed by atoms with Gasteiger partial charge in [0.25, 0.3) is 10.0 Å². The average Bonchev–Trinajstić information content (AvgIpc) is 2.36. The molecular weight excluding hydrogens is 274 g/mol. The van der Waals surface area contributed by atoms with Gasteiger partial charge < -0.3 is 14.9 Å². The van der Waals surface area contributed by atoms with Gasteiger partial charge in [0, 0.05) is 12.6 Å². The van der Waals surface area contributed by atoms with E-state index in [1.54, 1.807) is 0 Å². The highest BCUT2D eigenvalue weighted by Crippen LogP contribution is 2.36. The molecule has 0 radical (unpaired) electrons. The lowest BCUT2D eigenvalue weighted by Crippen LogP contribution is -2.35. The summed E-state index contributed by atoms with van der Waals surface area (Å²) in [4.78, 5) is 10.9. The van der Waals surface area contributed by atoms with E-state index in [1.165, 1.54) is 25.3 Å². The summed E-state index contributed by atoms with van der Waals surface area (Å²) in [5.74, 6) is -1.83. The molecule has 102 valence electrons. The lowest BCUT2D eigenvalue weighted by atomic mass is 10.1. The van der Waals surface area contributed by atoms with Gasteiger partial charge in [-0.2, -0.15) is 0 Å². The highest BCUT2D eigenvalue weighted by atomic mass is 32.2. The zero-order chi connectivity index (χ0) is 14.4. The Hall–Kier alpha value is -2.22. The minimum Gasteiger partial charge on any atom is -0.505 e. The van der Waals surface area contributed by atoms with Crippen LogP contribution in [0, 0.1) is 0 Å². The number of aliphatic hydroxyl groups is 1. The van der Waals surface area contributed by atoms with E-state index in [0.717, 1.165) is 7.05 Å². The minimum absolute atomic E-state index is 0.0881. The van der Waals surface area contributed by atoms with Crippen molar-refractivity contribution >= 4 is 21.8 Å². The molecule has 1 aromatic rings. The second kappa shape index (κ2) is 4.16. The normalized spacial score (nSPS) is 17.1. The van der Waals surface area contributed by atoms with Crippen LogP contribution in [0.15, 0.2) is 28.8 Å². The van der Waals surface area contributed by atoms with Gasteiger partial charge in [-0.3, -0.25) is 4.31 Å². The van der Waals surface area contributed by atoms with Crippen molar-refractivity contribution in [2.75, 3.05) is 14.2 Å². The number of hydrogen-bond acceptors (Lipinski definition) is 5. The number of carboxylic acids is 1. The van der Waals surface area contributed by atoms with Crippen molar-refractivity contribution in [2.45, 2.75) is 4.90 Å². The molecule has 1 heterocycles. The number of ether oxygens (including phenoxy) is 1. The summed E-state index contributed by atoms with van der Waals surface area (Å²) < 4.78 is 29.8. The number of nitrogens with zero attached hydrogens (tertiary/aromatic N) is 1. The van der Waals surface area contributed by atoms with Crippen molar-refractivity contribution in [3.63, 3.8) is 0 Å². The number of carbonyl (C=O) groups is 1. The number of aliphatic hydroxyl groups excluding tert-OH is 1. The van der Waals surface area contributed by atoms with Crippen molar-refractivity contribution in [2.24, 2.45) is 0 Å². The number of carboxylic acid groups (broad SMARTS) is 1. The number of aliphatic carboxylic acids is 1. The Morgan fingerprint density at radius 1 is 1.37 bits per heavy atom. The maximum Gasteiger partial charge on any atom is 0.357 e. The second-order valence-corrected chi connectivity index (χ2v) is 5.77. The van der Waals surface area contributed by atoms with E-state index in [9.17, 15) is 18.3 Å². The molecular formula is C11H11NO6S. The Morgan fingerprint density at radius 3 is 2.53 bits per heavy atom. The van der Waals surface area contributed by atoms with Crippen LogP contribution in [0.25, 0.3) is 5.76 Å². The molecule has 2 N–H and O–H groups in total. The van der Waals surface area contributed by atoms with Gasteiger partial charge in [-0.05, 0) is 18.2 Å². The molecule has 0 aromatic heterocycles. The predicted octanol–water partition coefficient (Wildman–Crippen LogP) is 0.640. The molecule has 1 aromatic carbocycles. The topological polar surface area (TPSA) is 104 Å². The third kappa shape index (κ3) is 1.80. The van der Waals surface area contributed by atoms with Crippen LogP contribution < -0.4 is 4.74 Å². The molecule has 2 rings (SSSR count). The first kappa shape index (κ1) is 13.2. The van der Waals surface area contributed by atoms with E-state index in [-0.39, 0.29) is 10.5 Å². The van der Waals surface area contributed by atoms with Crippen LogP contribution in [0.3, 0.4) is 0 Å². The molecule has 1 aliphatic rings. The van der Waals surface area contributed by atoms with Gasteiger partial charge in [-0.25, -0.2) is 13.2 Å². The fourth-order valence-electron chi connectivity index (χ4n) is 1.83. The van der Waals surface area contributed by atoms with Gasteiger partial charge in [0.05, 0.1) is 12.0 Å². The van der Waals surface area contributed by atoms with E-state index < -0.39 is 27.4 Å². The molecule has 0 saturated carbocycles. The summed E-state index contributed by atoms with van der Waals surface area (Å²) in [7, 11) is -1.54. The summed E-state index contributed by atoms with van der Waals surface area (Å²) in [5, 5.41) is 19.0. The summed E-state index contributed by atoms with van der Waals surface area (Å²) in [5.41, 5.74) is -0.782. The van der Waals surface area contributed by atoms with E-state index in [2.05, 4.69) is 0 Å². The number of likely N-dealkylation sites (N-methyl/N-ethyl adjacent to an activating group) is 1. The zero-order valence-electron chi connectivity index (χ0n) is 10.1. The number of hydrogen-bond donors (Lipinski definition) is 2. The van der Waals surface area contributed by atoms with Crippen molar-refractivity contribution in [1.82, 2.24) is 4.31 Å². The highest BCUT2D eigenvalue weighted by Gasteiger charge is 2.38. The van der Waals surface area contributed by atoms with Crippen LogP contribution in [-0.4, -0.2) is 43.1 Å². The lowest BCUT2D eigenvalue weighted by Gasteiger charge is -2.27. The van der Waals surface area contributed by atoms with E-state index in [1.807, 2.05) is 0 Å². The van der Waals surface area contributed by atoms with Gasteiger partial charge in [0.2, 0.25) is 0 Å². The monoisotopic (exact) mass is 285 g/mol. The fourth-order valence-corrected chi connectivity index (χ4v) is 3.20. The fraction of sp³-hybridized carbons (Fsp3) is 0.182. The number of benzene rings is 1. The SMILES string of the molecule is COc1ccc2c(c1)C(O)=C(C(=O)O)N(C)S2(=O)=O. The van der Waals surface area contributed by atoms with Gasteiger partial charge in [0.1, 0.15) is 5.75 Å². The molecule has 19 heavy (non-hydrogen) atoms. The van der Waals surface area contributed by atoms with Crippen molar-refractivity contribution < 1.29 is 28.2 Å². The van der Waals surface area contributed by atoms with Crippen molar-refractivity contribution in [3.8, 4) is 5.75 Å². The Balaban J connectivity index is 2.85. The summed E-state index contributed by atoms with van der Waals surface area (Å²) >= 11 is 0. The minimum atomic E-state index is -3.99. The highest BCUT2D eigenvalue weighted by molar-refractivity contribution is 7.89. The Bertz CT molecular complexity index is 691. The second-order valence-electron chi connectivity index (χ2n) is 3.84. The first-order chi connectivity index (χ1) is 8.80. The molecule has 0 fully saturated rings. The molecule has 0 spiro atoms. The van der Waals surface area contributed by atoms with Gasteiger partial charge >= 0.3 is 5.97 Å². The first-order valence-electron chi connectivity index (χ1n) is 5.14. The maximum absolute atomic E-state index is 12.1.